The van der Waals surface area contributed by atoms with Gasteiger partial charge in [0.15, 0.2) is 11.5 Å². The Bertz CT molecular complexity index is 654. The number of methoxy groups -OCH3 is 1. The van der Waals surface area contributed by atoms with Crippen LogP contribution >= 0.6 is 15.9 Å². The molecule has 2 aromatic rings. The van der Waals surface area contributed by atoms with Gasteiger partial charge in [-0.1, -0.05) is 59.1 Å². The fourth-order valence-electron chi connectivity index (χ4n) is 3.17. The van der Waals surface area contributed by atoms with Gasteiger partial charge in [-0.05, 0) is 30.5 Å². The molecule has 4 heteroatoms. The molecule has 2 aromatic carbocycles. The lowest BCUT2D eigenvalue weighted by Gasteiger charge is -2.19. The van der Waals surface area contributed by atoms with Crippen LogP contribution in [0.1, 0.15) is 36.8 Å². The van der Waals surface area contributed by atoms with Crippen molar-refractivity contribution < 1.29 is 9.47 Å². The highest BCUT2D eigenvalue weighted by molar-refractivity contribution is 9.10. The topological polar surface area (TPSA) is 30.5 Å². The first-order chi connectivity index (χ1) is 11.8. The Kier molecular flexibility index (Phi) is 6.16. The van der Waals surface area contributed by atoms with Gasteiger partial charge < -0.3 is 14.8 Å². The number of nitrogens with one attached hydrogen (secondary N) is 1. The third-order valence-corrected chi connectivity index (χ3v) is 5.28. The van der Waals surface area contributed by atoms with E-state index in [1.165, 1.54) is 25.7 Å². The first-order valence-electron chi connectivity index (χ1n) is 8.53. The Labute approximate surface area is 152 Å². The van der Waals surface area contributed by atoms with E-state index in [2.05, 4.69) is 33.4 Å². The van der Waals surface area contributed by atoms with Crippen LogP contribution < -0.4 is 14.8 Å². The Balaban J connectivity index is 1.77. The second-order valence-corrected chi connectivity index (χ2v) is 7.05. The molecular formula is C20H24BrNO2. The molecule has 3 rings (SSSR count). The van der Waals surface area contributed by atoms with Gasteiger partial charge in [0.05, 0.1) is 7.11 Å². The summed E-state index contributed by atoms with van der Waals surface area (Å²) < 4.78 is 12.7. The van der Waals surface area contributed by atoms with Gasteiger partial charge in [0.25, 0.3) is 0 Å². The first-order valence-corrected chi connectivity index (χ1v) is 9.32. The number of halogens is 1. The zero-order chi connectivity index (χ0) is 16.8. The average Bonchev–Trinajstić information content (AvgIpc) is 3.13. The second kappa shape index (κ2) is 8.54. The smallest absolute Gasteiger partial charge is 0.167 e. The van der Waals surface area contributed by atoms with Crippen LogP contribution in [0.2, 0.25) is 0 Å². The Morgan fingerprint density at radius 2 is 1.83 bits per heavy atom. The number of benzene rings is 2. The average molecular weight is 390 g/mol. The third-order valence-electron chi connectivity index (χ3n) is 4.54. The normalized spacial score (nSPS) is 14.8. The minimum atomic E-state index is 0.532. The Morgan fingerprint density at radius 3 is 2.54 bits per heavy atom. The van der Waals surface area contributed by atoms with Crippen molar-refractivity contribution in [2.75, 3.05) is 7.11 Å². The summed E-state index contributed by atoms with van der Waals surface area (Å²) in [6.45, 7) is 1.32. The van der Waals surface area contributed by atoms with Crippen molar-refractivity contribution in [2.24, 2.45) is 0 Å². The van der Waals surface area contributed by atoms with Gasteiger partial charge in [0, 0.05) is 22.6 Å². The largest absolute Gasteiger partial charge is 0.493 e. The minimum absolute atomic E-state index is 0.532. The molecule has 0 atom stereocenters. The van der Waals surface area contributed by atoms with Gasteiger partial charge in [-0.3, -0.25) is 0 Å². The lowest BCUT2D eigenvalue weighted by atomic mass is 10.1. The van der Waals surface area contributed by atoms with Crippen LogP contribution in [-0.2, 0) is 13.2 Å². The van der Waals surface area contributed by atoms with Crippen molar-refractivity contribution in [1.82, 2.24) is 5.32 Å². The number of rotatable bonds is 7. The van der Waals surface area contributed by atoms with Crippen LogP contribution in [0.4, 0.5) is 0 Å². The van der Waals surface area contributed by atoms with Crippen LogP contribution in [0.15, 0.2) is 46.9 Å². The predicted octanol–water partition coefficient (Wildman–Crippen LogP) is 5.07. The van der Waals surface area contributed by atoms with E-state index in [0.29, 0.717) is 12.6 Å². The van der Waals surface area contributed by atoms with Crippen LogP contribution in [0.25, 0.3) is 0 Å². The molecule has 1 fully saturated rings. The van der Waals surface area contributed by atoms with Gasteiger partial charge in [0.2, 0.25) is 0 Å². The van der Waals surface area contributed by atoms with Gasteiger partial charge in [-0.25, -0.2) is 0 Å². The van der Waals surface area contributed by atoms with E-state index in [4.69, 9.17) is 9.47 Å². The molecule has 0 spiro atoms. The summed E-state index contributed by atoms with van der Waals surface area (Å²) >= 11 is 3.67. The summed E-state index contributed by atoms with van der Waals surface area (Å²) in [5, 5.41) is 3.66. The van der Waals surface area contributed by atoms with Gasteiger partial charge in [-0.15, -0.1) is 0 Å². The monoisotopic (exact) mass is 389 g/mol. The molecule has 0 aliphatic heterocycles. The molecular weight excluding hydrogens is 366 g/mol. The molecule has 0 bridgehead atoms. The second-order valence-electron chi connectivity index (χ2n) is 6.19. The standard InChI is InChI=1S/C20H24BrNO2/c1-23-19-12-11-18(21)17(13-22-16-9-5-6-10-16)20(19)24-14-15-7-3-2-4-8-15/h2-4,7-8,11-12,16,22H,5-6,9-10,13-14H2,1H3. The highest BCUT2D eigenvalue weighted by Crippen LogP contribution is 2.37. The van der Waals surface area contributed by atoms with Crippen LogP contribution in [0, 0.1) is 0 Å². The third kappa shape index (κ3) is 4.31. The molecule has 24 heavy (non-hydrogen) atoms. The van der Waals surface area contributed by atoms with Crippen LogP contribution in [-0.4, -0.2) is 13.2 Å². The molecule has 0 heterocycles. The minimum Gasteiger partial charge on any atom is -0.493 e. The molecule has 1 aliphatic carbocycles. The van der Waals surface area contributed by atoms with Crippen molar-refractivity contribution in [3.05, 3.63) is 58.1 Å². The summed E-state index contributed by atoms with van der Waals surface area (Å²) in [7, 11) is 1.69. The van der Waals surface area contributed by atoms with Crippen molar-refractivity contribution in [1.29, 1.82) is 0 Å². The molecule has 0 amide bonds. The fraction of sp³-hybridized carbons (Fsp3) is 0.400. The van der Waals surface area contributed by atoms with Crippen molar-refractivity contribution in [3.8, 4) is 11.5 Å². The molecule has 0 radical (unpaired) electrons. The van der Waals surface area contributed by atoms with E-state index in [1.54, 1.807) is 7.11 Å². The van der Waals surface area contributed by atoms with Gasteiger partial charge in [0.1, 0.15) is 6.61 Å². The maximum Gasteiger partial charge on any atom is 0.167 e. The molecule has 3 nitrogen and oxygen atoms in total. The SMILES string of the molecule is COc1ccc(Br)c(CNC2CCCC2)c1OCc1ccccc1. The molecule has 1 saturated carbocycles. The van der Waals surface area contributed by atoms with Gasteiger partial charge in [-0.2, -0.15) is 0 Å². The lowest BCUT2D eigenvalue weighted by Crippen LogP contribution is -2.25. The van der Waals surface area contributed by atoms with E-state index in [9.17, 15) is 0 Å². The lowest BCUT2D eigenvalue weighted by molar-refractivity contribution is 0.280. The number of ether oxygens (including phenoxy) is 2. The van der Waals surface area contributed by atoms with E-state index in [0.717, 1.165) is 33.6 Å². The zero-order valence-corrected chi connectivity index (χ0v) is 15.6. The van der Waals surface area contributed by atoms with E-state index < -0.39 is 0 Å². The fourth-order valence-corrected chi connectivity index (χ4v) is 3.62. The summed E-state index contributed by atoms with van der Waals surface area (Å²) in [6.07, 6.45) is 5.19. The highest BCUT2D eigenvalue weighted by Gasteiger charge is 2.18. The molecule has 1 N–H and O–H groups in total. The maximum absolute atomic E-state index is 6.15. The van der Waals surface area contributed by atoms with Crippen molar-refractivity contribution in [2.45, 2.75) is 44.9 Å². The maximum atomic E-state index is 6.15. The summed E-state index contributed by atoms with van der Waals surface area (Å²) in [5.74, 6) is 1.60. The summed E-state index contributed by atoms with van der Waals surface area (Å²) in [4.78, 5) is 0. The van der Waals surface area contributed by atoms with Crippen molar-refractivity contribution >= 4 is 15.9 Å². The highest BCUT2D eigenvalue weighted by atomic mass is 79.9. The molecule has 0 aromatic heterocycles. The number of hydrogen-bond acceptors (Lipinski definition) is 3. The molecule has 0 unspecified atom stereocenters. The van der Waals surface area contributed by atoms with Crippen LogP contribution in [0.5, 0.6) is 11.5 Å². The molecule has 128 valence electrons. The zero-order valence-electron chi connectivity index (χ0n) is 14.1. The Morgan fingerprint density at radius 1 is 1.08 bits per heavy atom. The van der Waals surface area contributed by atoms with E-state index in [-0.39, 0.29) is 0 Å². The molecule has 1 aliphatic rings. The quantitative estimate of drug-likeness (QED) is 0.716. The Hall–Kier alpha value is -1.52. The molecule has 0 saturated heterocycles. The van der Waals surface area contributed by atoms with E-state index in [1.807, 2.05) is 30.3 Å². The summed E-state index contributed by atoms with van der Waals surface area (Å²) in [5.41, 5.74) is 2.27. The van der Waals surface area contributed by atoms with Crippen molar-refractivity contribution in [3.63, 3.8) is 0 Å². The van der Waals surface area contributed by atoms with E-state index >= 15 is 0 Å². The van der Waals surface area contributed by atoms with Crippen LogP contribution in [0.3, 0.4) is 0 Å². The predicted molar refractivity (Wildman–Crippen MR) is 101 cm³/mol. The number of hydrogen-bond donors (Lipinski definition) is 1. The van der Waals surface area contributed by atoms with Gasteiger partial charge >= 0.3 is 0 Å². The summed E-state index contributed by atoms with van der Waals surface area (Å²) in [6, 6.07) is 14.8. The first kappa shape index (κ1) is 17.3.